The van der Waals surface area contributed by atoms with Crippen LogP contribution in [0, 0.1) is 36.0 Å². The molecule has 2 aromatic heterocycles. The molecule has 3 rings (SSSR count). The van der Waals surface area contributed by atoms with Gasteiger partial charge in [-0.2, -0.15) is 10.2 Å². The number of nitrogens with zero attached hydrogens (tertiary/aromatic N) is 4. The lowest BCUT2D eigenvalue weighted by Crippen LogP contribution is -2.16. The Morgan fingerprint density at radius 1 is 1.03 bits per heavy atom. The van der Waals surface area contributed by atoms with Crippen molar-refractivity contribution in [2.75, 3.05) is 5.32 Å². The molecule has 29 heavy (non-hydrogen) atoms. The molecule has 12 heteroatoms. The van der Waals surface area contributed by atoms with Crippen LogP contribution in [0.4, 0.5) is 27.8 Å². The van der Waals surface area contributed by atoms with Gasteiger partial charge in [-0.3, -0.25) is 14.2 Å². The summed E-state index contributed by atoms with van der Waals surface area (Å²) < 4.78 is 70.5. The first kappa shape index (κ1) is 21.0. The molecule has 154 valence electrons. The van der Waals surface area contributed by atoms with Crippen LogP contribution in [0.2, 0.25) is 0 Å². The summed E-state index contributed by atoms with van der Waals surface area (Å²) in [5, 5.41) is 10.5. The largest absolute Gasteiger partial charge is 0.309 e. The molecule has 1 amide bonds. The van der Waals surface area contributed by atoms with Crippen LogP contribution in [0.25, 0.3) is 0 Å². The van der Waals surface area contributed by atoms with Crippen LogP contribution in [0.1, 0.15) is 17.7 Å². The Morgan fingerprint density at radius 3 is 2.24 bits per heavy atom. The van der Waals surface area contributed by atoms with Gasteiger partial charge in [0.25, 0.3) is 0 Å². The molecule has 0 saturated carbocycles. The number of aryl methyl sites for hydroxylation is 2. The molecule has 0 fully saturated rings. The van der Waals surface area contributed by atoms with Crippen molar-refractivity contribution in [3.05, 3.63) is 63.3 Å². The molecule has 0 atom stereocenters. The maximum Gasteiger partial charge on any atom is 0.227 e. The Balaban J connectivity index is 1.65. The number of carbonyl (C=O) groups excluding carboxylic acids is 1. The third-order valence-electron chi connectivity index (χ3n) is 3.98. The molecular weight excluding hydrogens is 465 g/mol. The van der Waals surface area contributed by atoms with Gasteiger partial charge in [-0.1, -0.05) is 0 Å². The summed E-state index contributed by atoms with van der Waals surface area (Å²) in [7, 11) is 0. The van der Waals surface area contributed by atoms with Crippen molar-refractivity contribution in [2.45, 2.75) is 26.4 Å². The zero-order valence-corrected chi connectivity index (χ0v) is 16.4. The Labute approximate surface area is 169 Å². The topological polar surface area (TPSA) is 64.7 Å². The van der Waals surface area contributed by atoms with E-state index in [1.54, 1.807) is 17.8 Å². The summed E-state index contributed by atoms with van der Waals surface area (Å²) in [4.78, 5) is 12.0. The molecule has 0 radical (unpaired) electrons. The van der Waals surface area contributed by atoms with E-state index in [-0.39, 0.29) is 12.2 Å². The molecule has 6 nitrogen and oxygen atoms in total. The quantitative estimate of drug-likeness (QED) is 0.332. The average molecular weight is 478 g/mol. The number of rotatable bonds is 6. The van der Waals surface area contributed by atoms with Gasteiger partial charge in [0.1, 0.15) is 0 Å². The van der Waals surface area contributed by atoms with Gasteiger partial charge in [-0.05, 0) is 22.9 Å². The second-order valence-corrected chi connectivity index (χ2v) is 6.93. The Morgan fingerprint density at radius 2 is 1.66 bits per heavy atom. The maximum atomic E-state index is 13.8. The minimum absolute atomic E-state index is 0.0664. The summed E-state index contributed by atoms with van der Waals surface area (Å²) in [6, 6.07) is 1.33. The molecule has 0 bridgehead atoms. The molecule has 0 aliphatic rings. The summed E-state index contributed by atoms with van der Waals surface area (Å²) >= 11 is 3.31. The monoisotopic (exact) mass is 477 g/mol. The minimum atomic E-state index is -2.23. The third kappa shape index (κ3) is 4.47. The van der Waals surface area contributed by atoms with Gasteiger partial charge in [-0.25, -0.2) is 22.0 Å². The highest BCUT2D eigenvalue weighted by molar-refractivity contribution is 9.10. The van der Waals surface area contributed by atoms with Crippen LogP contribution in [0.3, 0.4) is 0 Å². The van der Waals surface area contributed by atoms with Gasteiger partial charge in [0.05, 0.1) is 22.3 Å². The molecule has 3 aromatic rings. The van der Waals surface area contributed by atoms with E-state index in [4.69, 9.17) is 0 Å². The molecule has 0 aliphatic carbocycles. The Hall–Kier alpha value is -2.76. The molecule has 1 aromatic carbocycles. The first-order valence-electron chi connectivity index (χ1n) is 8.20. The molecular formula is C17H13BrF5N5O. The van der Waals surface area contributed by atoms with E-state index in [0.717, 1.165) is 14.8 Å². The predicted molar refractivity (Wildman–Crippen MR) is 95.5 cm³/mol. The van der Waals surface area contributed by atoms with Gasteiger partial charge in [-0.15, -0.1) is 0 Å². The van der Waals surface area contributed by atoms with Crippen molar-refractivity contribution in [1.82, 2.24) is 19.6 Å². The molecule has 0 saturated heterocycles. The van der Waals surface area contributed by atoms with Gasteiger partial charge >= 0.3 is 0 Å². The molecule has 0 spiro atoms. The number of aromatic nitrogens is 4. The second kappa shape index (κ2) is 8.31. The van der Waals surface area contributed by atoms with Gasteiger partial charge in [0, 0.05) is 31.4 Å². The van der Waals surface area contributed by atoms with Crippen molar-refractivity contribution in [2.24, 2.45) is 0 Å². The molecule has 0 aliphatic heterocycles. The highest BCUT2D eigenvalue weighted by Crippen LogP contribution is 2.23. The lowest BCUT2D eigenvalue weighted by Gasteiger charge is -2.08. The van der Waals surface area contributed by atoms with E-state index in [1.165, 1.54) is 12.3 Å². The second-order valence-electron chi connectivity index (χ2n) is 6.07. The van der Waals surface area contributed by atoms with Gasteiger partial charge in [0.15, 0.2) is 29.1 Å². The smallest absolute Gasteiger partial charge is 0.227 e. The summed E-state index contributed by atoms with van der Waals surface area (Å²) in [6.45, 7) is 1.41. The SMILES string of the molecule is Cc1nn(CCC(=O)Nc2ccn(Cc3c(F)c(F)c(F)c(F)c3F)n2)cc1Br. The summed E-state index contributed by atoms with van der Waals surface area (Å²) in [5.74, 6) is -10.5. The lowest BCUT2D eigenvalue weighted by atomic mass is 10.1. The Bertz CT molecular complexity index is 1030. The van der Waals surface area contributed by atoms with Crippen molar-refractivity contribution < 1.29 is 26.7 Å². The normalized spacial score (nSPS) is 11.1. The first-order chi connectivity index (χ1) is 13.7. The highest BCUT2D eigenvalue weighted by atomic mass is 79.9. The molecule has 1 N–H and O–H groups in total. The van der Waals surface area contributed by atoms with E-state index in [9.17, 15) is 26.7 Å². The van der Waals surface area contributed by atoms with Crippen molar-refractivity contribution in [1.29, 1.82) is 0 Å². The van der Waals surface area contributed by atoms with Crippen LogP contribution in [0.5, 0.6) is 0 Å². The maximum absolute atomic E-state index is 13.8. The van der Waals surface area contributed by atoms with Crippen molar-refractivity contribution in [3.8, 4) is 0 Å². The molecule has 2 heterocycles. The number of anilines is 1. The standard InChI is InChI=1S/C17H13BrF5N5O/c1-8-10(18)7-28(25-8)5-3-12(29)24-11-2-4-27(26-11)6-9-13(19)15(21)17(23)16(22)14(9)20/h2,4,7H,3,5-6H2,1H3,(H,24,26,29). The number of halogens is 6. The number of hydrogen-bond donors (Lipinski definition) is 1. The zero-order chi connectivity index (χ0) is 21.3. The highest BCUT2D eigenvalue weighted by Gasteiger charge is 2.25. The van der Waals surface area contributed by atoms with Crippen LogP contribution in [0.15, 0.2) is 22.9 Å². The van der Waals surface area contributed by atoms with E-state index >= 15 is 0 Å². The average Bonchev–Trinajstić information content (AvgIpc) is 3.26. The fourth-order valence-electron chi connectivity index (χ4n) is 2.50. The summed E-state index contributed by atoms with van der Waals surface area (Å²) in [5.41, 5.74) is -0.251. The van der Waals surface area contributed by atoms with Crippen molar-refractivity contribution >= 4 is 27.7 Å². The van der Waals surface area contributed by atoms with Crippen molar-refractivity contribution in [3.63, 3.8) is 0 Å². The fraction of sp³-hybridized carbons (Fsp3) is 0.235. The zero-order valence-electron chi connectivity index (χ0n) is 14.8. The van der Waals surface area contributed by atoms with E-state index in [2.05, 4.69) is 31.4 Å². The lowest BCUT2D eigenvalue weighted by molar-refractivity contribution is -0.116. The van der Waals surface area contributed by atoms with Crippen LogP contribution in [-0.2, 0) is 17.9 Å². The molecule has 0 unspecified atom stereocenters. The van der Waals surface area contributed by atoms with E-state index < -0.39 is 47.1 Å². The Kier molecular flexibility index (Phi) is 6.01. The van der Waals surface area contributed by atoms with Crippen LogP contribution < -0.4 is 5.32 Å². The number of carbonyl (C=O) groups is 1. The van der Waals surface area contributed by atoms with Crippen LogP contribution >= 0.6 is 15.9 Å². The summed E-state index contributed by atoms with van der Waals surface area (Å²) in [6.07, 6.45) is 3.04. The van der Waals surface area contributed by atoms with E-state index in [1.807, 2.05) is 0 Å². The van der Waals surface area contributed by atoms with Crippen LogP contribution in [-0.4, -0.2) is 25.5 Å². The number of nitrogens with one attached hydrogen (secondary N) is 1. The number of hydrogen-bond acceptors (Lipinski definition) is 3. The number of benzene rings is 1. The fourth-order valence-corrected chi connectivity index (χ4v) is 2.81. The van der Waals surface area contributed by atoms with Gasteiger partial charge < -0.3 is 5.32 Å². The van der Waals surface area contributed by atoms with Gasteiger partial charge in [0.2, 0.25) is 11.7 Å². The number of amides is 1. The van der Waals surface area contributed by atoms with E-state index in [0.29, 0.717) is 6.54 Å². The first-order valence-corrected chi connectivity index (χ1v) is 8.99. The minimum Gasteiger partial charge on any atom is -0.309 e. The third-order valence-corrected chi connectivity index (χ3v) is 4.76. The predicted octanol–water partition coefficient (Wildman–Crippen LogP) is 3.92.